The molecule has 2 aromatic rings. The van der Waals surface area contributed by atoms with Crippen molar-refractivity contribution in [3.8, 4) is 5.75 Å². The summed E-state index contributed by atoms with van der Waals surface area (Å²) < 4.78 is 15.5. The highest BCUT2D eigenvalue weighted by Gasteiger charge is 2.20. The molecule has 0 fully saturated rings. The lowest BCUT2D eigenvalue weighted by atomic mass is 10.1. The number of hydrogen-bond acceptors (Lipinski definition) is 6. The minimum absolute atomic E-state index is 0.112. The zero-order valence-corrected chi connectivity index (χ0v) is 13.7. The number of carbonyl (C=O) groups is 2. The lowest BCUT2D eigenvalue weighted by molar-refractivity contribution is -0.136. The monoisotopic (exact) mass is 333 g/mol. The molecule has 1 atom stereocenters. The van der Waals surface area contributed by atoms with E-state index in [1.54, 1.807) is 20.1 Å². The molecule has 2 rings (SSSR count). The van der Waals surface area contributed by atoms with Crippen LogP contribution in [0, 0.1) is 6.92 Å². The summed E-state index contributed by atoms with van der Waals surface area (Å²) in [4.78, 5) is 23.7. The van der Waals surface area contributed by atoms with Gasteiger partial charge in [0.2, 0.25) is 0 Å². The predicted octanol–water partition coefficient (Wildman–Crippen LogP) is 1.43. The lowest BCUT2D eigenvalue weighted by Crippen LogP contribution is -2.38. The van der Waals surface area contributed by atoms with Crippen LogP contribution in [0.3, 0.4) is 0 Å². The Balaban J connectivity index is 1.94. The number of carbonyl (C=O) groups excluding carboxylic acids is 2. The summed E-state index contributed by atoms with van der Waals surface area (Å²) in [7, 11) is 3.07. The van der Waals surface area contributed by atoms with Crippen molar-refractivity contribution in [2.45, 2.75) is 13.0 Å². The van der Waals surface area contributed by atoms with Crippen LogP contribution < -0.4 is 15.4 Å². The van der Waals surface area contributed by atoms with Gasteiger partial charge in [-0.05, 0) is 13.0 Å². The van der Waals surface area contributed by atoms with Gasteiger partial charge in [0, 0.05) is 25.3 Å². The van der Waals surface area contributed by atoms with E-state index in [0.29, 0.717) is 11.5 Å². The van der Waals surface area contributed by atoms with E-state index in [1.807, 2.05) is 18.2 Å². The predicted molar refractivity (Wildman–Crippen MR) is 85.6 cm³/mol. The average molecular weight is 333 g/mol. The Morgan fingerprint density at radius 2 is 2.00 bits per heavy atom. The van der Waals surface area contributed by atoms with Crippen LogP contribution in [0.5, 0.6) is 5.75 Å². The van der Waals surface area contributed by atoms with Crippen LogP contribution in [0.15, 0.2) is 34.9 Å². The van der Waals surface area contributed by atoms with Gasteiger partial charge in [-0.3, -0.25) is 14.9 Å². The van der Waals surface area contributed by atoms with Crippen molar-refractivity contribution >= 4 is 17.6 Å². The first-order chi connectivity index (χ1) is 11.5. The molecule has 24 heavy (non-hydrogen) atoms. The van der Waals surface area contributed by atoms with Gasteiger partial charge in [-0.15, -0.1) is 0 Å². The number of aromatic nitrogens is 1. The molecule has 0 aliphatic carbocycles. The van der Waals surface area contributed by atoms with E-state index in [-0.39, 0.29) is 12.4 Å². The van der Waals surface area contributed by atoms with E-state index < -0.39 is 17.9 Å². The van der Waals surface area contributed by atoms with Crippen molar-refractivity contribution in [2.24, 2.45) is 0 Å². The van der Waals surface area contributed by atoms with Crippen molar-refractivity contribution in [1.82, 2.24) is 10.5 Å². The number of aryl methyl sites for hydroxylation is 1. The zero-order valence-electron chi connectivity index (χ0n) is 13.7. The maximum absolute atomic E-state index is 11.9. The van der Waals surface area contributed by atoms with Crippen molar-refractivity contribution in [3.05, 3.63) is 41.7 Å². The summed E-state index contributed by atoms with van der Waals surface area (Å²) >= 11 is 0. The second kappa shape index (κ2) is 8.11. The molecular weight excluding hydrogens is 314 g/mol. The smallest absolute Gasteiger partial charge is 0.314 e. The fourth-order valence-corrected chi connectivity index (χ4v) is 2.12. The van der Waals surface area contributed by atoms with Crippen LogP contribution >= 0.6 is 0 Å². The standard InChI is InChI=1S/C16H19N3O5/c1-10-8-14(19-24-10)18-16(21)15(20)17-9-13(23-3)11-6-4-5-7-12(11)22-2/h4-8,13H,9H2,1-3H3,(H,17,20)(H,18,19,21)/t13-/m1/s1. The highest BCUT2D eigenvalue weighted by molar-refractivity contribution is 6.39. The molecule has 0 unspecified atom stereocenters. The number of anilines is 1. The number of nitrogens with zero attached hydrogens (tertiary/aromatic N) is 1. The van der Waals surface area contributed by atoms with Crippen molar-refractivity contribution in [3.63, 3.8) is 0 Å². The molecule has 0 saturated carbocycles. The van der Waals surface area contributed by atoms with Gasteiger partial charge in [-0.25, -0.2) is 0 Å². The maximum Gasteiger partial charge on any atom is 0.314 e. The maximum atomic E-state index is 11.9. The van der Waals surface area contributed by atoms with Crippen LogP contribution in [-0.2, 0) is 14.3 Å². The summed E-state index contributed by atoms with van der Waals surface area (Å²) in [6.45, 7) is 1.79. The summed E-state index contributed by atoms with van der Waals surface area (Å²) in [6.07, 6.45) is -0.452. The molecule has 0 radical (unpaired) electrons. The number of ether oxygens (including phenoxy) is 2. The molecule has 0 aliphatic rings. The first-order valence-corrected chi connectivity index (χ1v) is 7.23. The Labute approximate surface area is 139 Å². The molecule has 1 aromatic carbocycles. The zero-order chi connectivity index (χ0) is 17.5. The van der Waals surface area contributed by atoms with Crippen LogP contribution in [-0.4, -0.2) is 37.7 Å². The minimum Gasteiger partial charge on any atom is -0.496 e. The van der Waals surface area contributed by atoms with Crippen molar-refractivity contribution < 1.29 is 23.6 Å². The van der Waals surface area contributed by atoms with Gasteiger partial charge in [-0.1, -0.05) is 23.4 Å². The summed E-state index contributed by atoms with van der Waals surface area (Å²) in [6, 6.07) is 8.81. The Morgan fingerprint density at radius 1 is 1.25 bits per heavy atom. The van der Waals surface area contributed by atoms with E-state index >= 15 is 0 Å². The highest BCUT2D eigenvalue weighted by atomic mass is 16.5. The van der Waals surface area contributed by atoms with Gasteiger partial charge >= 0.3 is 11.8 Å². The Bertz CT molecular complexity index is 713. The third-order valence-electron chi connectivity index (χ3n) is 3.29. The third kappa shape index (κ3) is 4.32. The summed E-state index contributed by atoms with van der Waals surface area (Å²) in [5, 5.41) is 8.46. The second-order valence-corrected chi connectivity index (χ2v) is 4.95. The molecular formula is C16H19N3O5. The van der Waals surface area contributed by atoms with Gasteiger partial charge in [0.1, 0.15) is 17.6 Å². The second-order valence-electron chi connectivity index (χ2n) is 4.95. The molecule has 1 aromatic heterocycles. The number of benzene rings is 1. The first kappa shape index (κ1) is 17.5. The van der Waals surface area contributed by atoms with Crippen LogP contribution in [0.4, 0.5) is 5.82 Å². The molecule has 1 heterocycles. The fraction of sp³-hybridized carbons (Fsp3) is 0.312. The van der Waals surface area contributed by atoms with Gasteiger partial charge in [-0.2, -0.15) is 0 Å². The molecule has 128 valence electrons. The van der Waals surface area contributed by atoms with Crippen LogP contribution in [0.25, 0.3) is 0 Å². The summed E-state index contributed by atoms with van der Waals surface area (Å²) in [5.74, 6) is -0.283. The number of rotatable bonds is 6. The minimum atomic E-state index is -0.835. The number of amides is 2. The third-order valence-corrected chi connectivity index (χ3v) is 3.29. The highest BCUT2D eigenvalue weighted by Crippen LogP contribution is 2.26. The lowest BCUT2D eigenvalue weighted by Gasteiger charge is -2.18. The Kier molecular flexibility index (Phi) is 5.91. The van der Waals surface area contributed by atoms with E-state index in [1.165, 1.54) is 13.2 Å². The fourth-order valence-electron chi connectivity index (χ4n) is 2.12. The van der Waals surface area contributed by atoms with Gasteiger partial charge in [0.05, 0.1) is 7.11 Å². The molecule has 8 nitrogen and oxygen atoms in total. The first-order valence-electron chi connectivity index (χ1n) is 7.23. The van der Waals surface area contributed by atoms with Gasteiger partial charge in [0.15, 0.2) is 5.82 Å². The molecule has 0 bridgehead atoms. The number of para-hydroxylation sites is 1. The number of nitrogens with one attached hydrogen (secondary N) is 2. The Hall–Kier alpha value is -2.87. The molecule has 0 saturated heterocycles. The van der Waals surface area contributed by atoms with E-state index in [0.717, 1.165) is 5.56 Å². The number of hydrogen-bond donors (Lipinski definition) is 2. The van der Waals surface area contributed by atoms with Crippen LogP contribution in [0.2, 0.25) is 0 Å². The summed E-state index contributed by atoms with van der Waals surface area (Å²) in [5.41, 5.74) is 0.773. The van der Waals surface area contributed by atoms with Crippen LogP contribution in [0.1, 0.15) is 17.4 Å². The molecule has 2 N–H and O–H groups in total. The molecule has 0 aliphatic heterocycles. The van der Waals surface area contributed by atoms with Gasteiger partial charge < -0.3 is 19.3 Å². The van der Waals surface area contributed by atoms with E-state index in [9.17, 15) is 9.59 Å². The number of methoxy groups -OCH3 is 2. The quantitative estimate of drug-likeness (QED) is 0.775. The normalized spacial score (nSPS) is 11.6. The molecule has 0 spiro atoms. The molecule has 8 heteroatoms. The largest absolute Gasteiger partial charge is 0.496 e. The average Bonchev–Trinajstić information content (AvgIpc) is 3.00. The van der Waals surface area contributed by atoms with E-state index in [4.69, 9.17) is 14.0 Å². The SMILES string of the molecule is COc1ccccc1[C@@H](CNC(=O)C(=O)Nc1cc(C)on1)OC. The topological polar surface area (TPSA) is 103 Å². The molecule has 2 amide bonds. The van der Waals surface area contributed by atoms with E-state index in [2.05, 4.69) is 15.8 Å². The Morgan fingerprint density at radius 3 is 2.62 bits per heavy atom. The van der Waals surface area contributed by atoms with Crippen molar-refractivity contribution in [2.75, 3.05) is 26.1 Å². The van der Waals surface area contributed by atoms with Crippen molar-refractivity contribution in [1.29, 1.82) is 0 Å². The van der Waals surface area contributed by atoms with Gasteiger partial charge in [0.25, 0.3) is 0 Å².